The Bertz CT molecular complexity index is 1050. The van der Waals surface area contributed by atoms with Crippen molar-refractivity contribution in [1.82, 2.24) is 9.97 Å². The Morgan fingerprint density at radius 1 is 0.903 bits per heavy atom. The van der Waals surface area contributed by atoms with Crippen molar-refractivity contribution >= 4 is 37.1 Å². The lowest BCUT2D eigenvalue weighted by Gasteiger charge is -2.17. The first-order chi connectivity index (χ1) is 14.9. The molecule has 0 spiro atoms. The number of hydrogen-bond donors (Lipinski definition) is 4. The van der Waals surface area contributed by atoms with Crippen LogP contribution in [0, 0.1) is 5.82 Å². The minimum Gasteiger partial charge on any atom is -0.497 e. The van der Waals surface area contributed by atoms with Gasteiger partial charge in [-0.25, -0.2) is 9.37 Å². The molecule has 31 heavy (non-hydrogen) atoms. The van der Waals surface area contributed by atoms with E-state index in [2.05, 4.69) is 25.7 Å². The van der Waals surface area contributed by atoms with Gasteiger partial charge in [0.2, 0.25) is 5.95 Å². The summed E-state index contributed by atoms with van der Waals surface area (Å²) < 4.78 is 30.2. The lowest BCUT2D eigenvalue weighted by molar-refractivity contribution is 0.405. The molecule has 1 atom stereocenters. The lowest BCUT2D eigenvalue weighted by Crippen LogP contribution is -2.05. The minimum atomic E-state index is -1.45. The van der Waals surface area contributed by atoms with E-state index in [4.69, 9.17) is 14.2 Å². The van der Waals surface area contributed by atoms with E-state index >= 15 is 0 Å². The molecule has 0 fully saturated rings. The van der Waals surface area contributed by atoms with E-state index in [1.54, 1.807) is 50.2 Å². The average Bonchev–Trinajstić information content (AvgIpc) is 2.76. The molecule has 0 aliphatic rings. The van der Waals surface area contributed by atoms with Crippen LogP contribution in [0.4, 0.5) is 33.2 Å². The number of ether oxygens (including phenoxy) is 3. The van der Waals surface area contributed by atoms with E-state index in [1.165, 1.54) is 14.2 Å². The van der Waals surface area contributed by atoms with E-state index in [-0.39, 0.29) is 11.8 Å². The fourth-order valence-electron chi connectivity index (χ4n) is 2.70. The zero-order chi connectivity index (χ0) is 22.4. The third-order valence-electron chi connectivity index (χ3n) is 4.16. The van der Waals surface area contributed by atoms with Crippen LogP contribution < -0.4 is 29.9 Å². The number of nitrogens with one attached hydrogen (secondary N) is 3. The first kappa shape index (κ1) is 22.3. The topological polar surface area (TPSA) is 110 Å². The quantitative estimate of drug-likeness (QED) is 0.353. The van der Waals surface area contributed by atoms with Crippen LogP contribution in [0.25, 0.3) is 0 Å². The summed E-state index contributed by atoms with van der Waals surface area (Å²) in [7, 11) is 3.17. The predicted octanol–water partition coefficient (Wildman–Crippen LogP) is 4.47. The van der Waals surface area contributed by atoms with E-state index in [0.29, 0.717) is 34.3 Å². The molecule has 11 heteroatoms. The van der Waals surface area contributed by atoms with Gasteiger partial charge in [0.25, 0.3) is 0 Å². The zero-order valence-corrected chi connectivity index (χ0v) is 18.3. The second kappa shape index (κ2) is 10.1. The van der Waals surface area contributed by atoms with Crippen molar-refractivity contribution in [3.63, 3.8) is 0 Å². The van der Waals surface area contributed by atoms with Gasteiger partial charge in [-0.15, -0.1) is 0 Å². The normalized spacial score (nSPS) is 11.4. The van der Waals surface area contributed by atoms with Crippen LogP contribution in [0.15, 0.2) is 42.6 Å². The molecular formula is C20H23FN5O4P. The molecule has 0 radical (unpaired) electrons. The number of anilines is 5. The Kier molecular flexibility index (Phi) is 7.28. The van der Waals surface area contributed by atoms with Crippen LogP contribution in [0.1, 0.15) is 0 Å². The SMILES string of the molecule is COc1ccc(Nc2nc(Nc3cc(OC)ccc3OC)ncc2F)c(NP(C)O)c1. The number of aromatic nitrogens is 2. The second-order valence-electron chi connectivity index (χ2n) is 6.25. The molecular weight excluding hydrogens is 424 g/mol. The summed E-state index contributed by atoms with van der Waals surface area (Å²) in [5.74, 6) is 1.19. The van der Waals surface area contributed by atoms with Gasteiger partial charge in [0.05, 0.1) is 44.6 Å². The third-order valence-corrected chi connectivity index (χ3v) is 4.72. The molecule has 1 unspecified atom stereocenters. The van der Waals surface area contributed by atoms with Gasteiger partial charge in [0.1, 0.15) is 25.5 Å². The van der Waals surface area contributed by atoms with Crippen LogP contribution in [-0.4, -0.2) is 42.9 Å². The monoisotopic (exact) mass is 447 g/mol. The smallest absolute Gasteiger partial charge is 0.229 e. The van der Waals surface area contributed by atoms with Gasteiger partial charge in [-0.1, -0.05) is 0 Å². The Morgan fingerprint density at radius 3 is 2.23 bits per heavy atom. The van der Waals surface area contributed by atoms with E-state index < -0.39 is 14.1 Å². The number of hydrogen-bond acceptors (Lipinski definition) is 9. The van der Waals surface area contributed by atoms with Crippen LogP contribution in [0.3, 0.4) is 0 Å². The van der Waals surface area contributed by atoms with Gasteiger partial charge in [0.15, 0.2) is 11.6 Å². The number of methoxy groups -OCH3 is 3. The summed E-state index contributed by atoms with van der Waals surface area (Å²) in [6, 6.07) is 10.3. The number of rotatable bonds is 9. The van der Waals surface area contributed by atoms with Crippen molar-refractivity contribution in [1.29, 1.82) is 0 Å². The highest BCUT2D eigenvalue weighted by atomic mass is 31.2. The molecule has 3 aromatic rings. The maximum absolute atomic E-state index is 14.4. The molecule has 9 nitrogen and oxygen atoms in total. The van der Waals surface area contributed by atoms with Gasteiger partial charge in [-0.3, -0.25) is 0 Å². The van der Waals surface area contributed by atoms with Gasteiger partial charge in [-0.05, 0) is 30.9 Å². The summed E-state index contributed by atoms with van der Waals surface area (Å²) >= 11 is 0. The van der Waals surface area contributed by atoms with Crippen LogP contribution in [-0.2, 0) is 0 Å². The maximum Gasteiger partial charge on any atom is 0.229 e. The van der Waals surface area contributed by atoms with Gasteiger partial charge < -0.3 is 34.8 Å². The van der Waals surface area contributed by atoms with Crippen molar-refractivity contribution in [2.45, 2.75) is 0 Å². The standard InChI is InChI=1S/C20H23FN5O4P/c1-28-12-5-7-15(16(9-12)26-31(4)27)23-19-14(21)11-22-20(25-19)24-17-10-13(29-2)6-8-18(17)30-3/h5-11,26-27H,1-4H3,(H2,22,23,24,25). The van der Waals surface area contributed by atoms with Gasteiger partial charge in [0, 0.05) is 12.1 Å². The Morgan fingerprint density at radius 2 is 1.58 bits per heavy atom. The summed E-state index contributed by atoms with van der Waals surface area (Å²) in [5, 5.41) is 8.88. The highest BCUT2D eigenvalue weighted by molar-refractivity contribution is 7.52. The fraction of sp³-hybridized carbons (Fsp3) is 0.200. The molecule has 2 aromatic carbocycles. The molecule has 0 aliphatic heterocycles. The Hall–Kier alpha value is -3.36. The third kappa shape index (κ3) is 5.62. The zero-order valence-electron chi connectivity index (χ0n) is 17.4. The molecule has 0 amide bonds. The second-order valence-corrected chi connectivity index (χ2v) is 7.52. The predicted molar refractivity (Wildman–Crippen MR) is 120 cm³/mol. The summed E-state index contributed by atoms with van der Waals surface area (Å²) in [6.07, 6.45) is 1.06. The van der Waals surface area contributed by atoms with Crippen molar-refractivity contribution in [3.8, 4) is 17.2 Å². The highest BCUT2D eigenvalue weighted by Crippen LogP contribution is 2.36. The van der Waals surface area contributed by atoms with Crippen LogP contribution >= 0.6 is 8.30 Å². The van der Waals surface area contributed by atoms with E-state index in [1.807, 2.05) is 0 Å². The molecule has 0 bridgehead atoms. The Balaban J connectivity index is 1.91. The molecule has 1 aromatic heterocycles. The molecule has 1 heterocycles. The molecule has 3 rings (SSSR count). The molecule has 0 saturated carbocycles. The van der Waals surface area contributed by atoms with Crippen LogP contribution in [0.2, 0.25) is 0 Å². The van der Waals surface area contributed by atoms with E-state index in [0.717, 1.165) is 6.20 Å². The summed E-state index contributed by atoms with van der Waals surface area (Å²) in [6.45, 7) is 1.63. The van der Waals surface area contributed by atoms with Crippen molar-refractivity contribution < 1.29 is 23.5 Å². The van der Waals surface area contributed by atoms with Crippen molar-refractivity contribution in [3.05, 3.63) is 48.4 Å². The van der Waals surface area contributed by atoms with Crippen molar-refractivity contribution in [2.75, 3.05) is 43.7 Å². The summed E-state index contributed by atoms with van der Waals surface area (Å²) in [5.41, 5.74) is 1.60. The Labute approximate surface area is 180 Å². The summed E-state index contributed by atoms with van der Waals surface area (Å²) in [4.78, 5) is 18.0. The molecule has 0 saturated heterocycles. The number of nitrogens with zero attached hydrogens (tertiary/aromatic N) is 2. The first-order valence-corrected chi connectivity index (χ1v) is 10.8. The van der Waals surface area contributed by atoms with Gasteiger partial charge >= 0.3 is 0 Å². The first-order valence-electron chi connectivity index (χ1n) is 9.09. The van der Waals surface area contributed by atoms with Gasteiger partial charge in [-0.2, -0.15) is 4.98 Å². The molecule has 164 valence electrons. The van der Waals surface area contributed by atoms with E-state index in [9.17, 15) is 9.28 Å². The minimum absolute atomic E-state index is 0.0500. The molecule has 4 N–H and O–H groups in total. The fourth-order valence-corrected chi connectivity index (χ4v) is 3.23. The molecule has 0 aliphatic carbocycles. The largest absolute Gasteiger partial charge is 0.497 e. The van der Waals surface area contributed by atoms with Crippen molar-refractivity contribution in [2.24, 2.45) is 0 Å². The highest BCUT2D eigenvalue weighted by Gasteiger charge is 2.13. The average molecular weight is 447 g/mol. The maximum atomic E-state index is 14.4. The number of halogens is 1. The number of benzene rings is 2. The lowest BCUT2D eigenvalue weighted by atomic mass is 10.2. The van der Waals surface area contributed by atoms with Crippen LogP contribution in [0.5, 0.6) is 17.2 Å².